The lowest BCUT2D eigenvalue weighted by atomic mass is 10.2. The summed E-state index contributed by atoms with van der Waals surface area (Å²) in [6.07, 6.45) is 0.943. The van der Waals surface area contributed by atoms with Gasteiger partial charge >= 0.3 is 6.09 Å². The lowest BCUT2D eigenvalue weighted by molar-refractivity contribution is 0.0636. The molecule has 0 aliphatic rings. The zero-order valence-corrected chi connectivity index (χ0v) is 14.7. The van der Waals surface area contributed by atoms with E-state index in [-0.39, 0.29) is 0 Å². The summed E-state index contributed by atoms with van der Waals surface area (Å²) < 4.78 is 24.8. The van der Waals surface area contributed by atoms with Crippen molar-refractivity contribution in [3.05, 3.63) is 46.6 Å². The molecule has 2 N–H and O–H groups in total. The maximum Gasteiger partial charge on any atom is 0.412 e. The van der Waals surface area contributed by atoms with Crippen LogP contribution >= 0.6 is 15.9 Å². The van der Waals surface area contributed by atoms with Crippen molar-refractivity contribution in [2.24, 2.45) is 0 Å². The van der Waals surface area contributed by atoms with E-state index in [1.807, 2.05) is 0 Å². The second-order valence-corrected chi connectivity index (χ2v) is 6.72. The highest BCUT2D eigenvalue weighted by Crippen LogP contribution is 2.26. The predicted molar refractivity (Wildman–Crippen MR) is 90.0 cm³/mol. The quantitative estimate of drug-likeness (QED) is 0.765. The van der Waals surface area contributed by atoms with Gasteiger partial charge in [-0.15, -0.1) is 0 Å². The van der Waals surface area contributed by atoms with Crippen LogP contribution in [0, 0.1) is 5.82 Å². The summed E-state index contributed by atoms with van der Waals surface area (Å²) in [7, 11) is 0. The van der Waals surface area contributed by atoms with Gasteiger partial charge in [0.15, 0.2) is 0 Å². The fourth-order valence-electron chi connectivity index (χ4n) is 1.81. The molecule has 0 saturated heterocycles. The van der Waals surface area contributed by atoms with E-state index in [2.05, 4.69) is 26.6 Å². The van der Waals surface area contributed by atoms with E-state index in [9.17, 15) is 9.18 Å². The third kappa shape index (κ3) is 5.28. The molecule has 0 fully saturated rings. The third-order valence-corrected chi connectivity index (χ3v) is 3.45. The molecule has 0 bridgehead atoms. The Hall–Kier alpha value is -2.02. The molecular weight excluding hydrogens is 367 g/mol. The van der Waals surface area contributed by atoms with E-state index in [0.29, 0.717) is 23.7 Å². The van der Waals surface area contributed by atoms with Gasteiger partial charge in [0.05, 0.1) is 28.7 Å². The largest absolute Gasteiger partial charge is 0.466 e. The number of anilines is 2. The standard InChI is InChI=1S/C16H18BrFN2O3/c1-16(2,3)23-15(21)20-12-5-4-10(18)8-13(12)19-9-14-11(17)6-7-22-14/h4-8,19H,9H2,1-3H3,(H,20,21). The average molecular weight is 385 g/mol. The Morgan fingerprint density at radius 1 is 1.30 bits per heavy atom. The number of nitrogens with one attached hydrogen (secondary N) is 2. The first kappa shape index (κ1) is 17.3. The number of hydrogen-bond acceptors (Lipinski definition) is 4. The molecule has 0 spiro atoms. The van der Waals surface area contributed by atoms with Gasteiger partial charge in [-0.05, 0) is 61.0 Å². The Bertz CT molecular complexity index is 695. The van der Waals surface area contributed by atoms with E-state index in [1.54, 1.807) is 33.1 Å². The number of carbonyl (C=O) groups is 1. The van der Waals surface area contributed by atoms with Gasteiger partial charge in [-0.3, -0.25) is 5.32 Å². The number of rotatable bonds is 4. The van der Waals surface area contributed by atoms with E-state index >= 15 is 0 Å². The smallest absolute Gasteiger partial charge is 0.412 e. The Kier molecular flexibility index (Phi) is 5.30. The van der Waals surface area contributed by atoms with Crippen molar-refractivity contribution in [1.82, 2.24) is 0 Å². The van der Waals surface area contributed by atoms with Gasteiger partial charge in [-0.1, -0.05) is 0 Å². The van der Waals surface area contributed by atoms with Gasteiger partial charge in [-0.2, -0.15) is 0 Å². The first-order chi connectivity index (χ1) is 10.7. The maximum atomic E-state index is 13.5. The fourth-order valence-corrected chi connectivity index (χ4v) is 2.15. The van der Waals surface area contributed by atoms with Gasteiger partial charge in [0, 0.05) is 0 Å². The van der Waals surface area contributed by atoms with Crippen LogP contribution in [0.1, 0.15) is 26.5 Å². The molecule has 2 aromatic rings. The van der Waals surface area contributed by atoms with Crippen LogP contribution in [0.2, 0.25) is 0 Å². The monoisotopic (exact) mass is 384 g/mol. The number of benzene rings is 1. The molecule has 0 unspecified atom stereocenters. The van der Waals surface area contributed by atoms with Crippen molar-refractivity contribution in [1.29, 1.82) is 0 Å². The second-order valence-electron chi connectivity index (χ2n) is 5.86. The molecule has 1 aromatic carbocycles. The Morgan fingerprint density at radius 3 is 2.65 bits per heavy atom. The summed E-state index contributed by atoms with van der Waals surface area (Å²) in [5.41, 5.74) is 0.235. The Balaban J connectivity index is 2.11. The van der Waals surface area contributed by atoms with Crippen LogP contribution in [0.25, 0.3) is 0 Å². The molecule has 124 valence electrons. The van der Waals surface area contributed by atoms with Crippen LogP contribution in [-0.2, 0) is 11.3 Å². The minimum atomic E-state index is -0.614. The molecule has 1 amide bonds. The van der Waals surface area contributed by atoms with Crippen LogP contribution in [-0.4, -0.2) is 11.7 Å². The summed E-state index contributed by atoms with van der Waals surface area (Å²) in [4.78, 5) is 11.9. The molecule has 0 aliphatic heterocycles. The van der Waals surface area contributed by atoms with Crippen molar-refractivity contribution in [3.8, 4) is 0 Å². The van der Waals surface area contributed by atoms with Crippen molar-refractivity contribution in [3.63, 3.8) is 0 Å². The first-order valence-corrected chi connectivity index (χ1v) is 7.79. The van der Waals surface area contributed by atoms with Crippen LogP contribution in [0.4, 0.5) is 20.6 Å². The molecule has 23 heavy (non-hydrogen) atoms. The van der Waals surface area contributed by atoms with Crippen LogP contribution in [0.5, 0.6) is 0 Å². The van der Waals surface area contributed by atoms with Crippen LogP contribution < -0.4 is 10.6 Å². The molecular formula is C16H18BrFN2O3. The highest BCUT2D eigenvalue weighted by Gasteiger charge is 2.17. The maximum absolute atomic E-state index is 13.5. The zero-order chi connectivity index (χ0) is 17.0. The van der Waals surface area contributed by atoms with Gasteiger partial charge in [0.25, 0.3) is 0 Å². The second kappa shape index (κ2) is 7.04. The van der Waals surface area contributed by atoms with Crippen molar-refractivity contribution in [2.45, 2.75) is 32.9 Å². The van der Waals surface area contributed by atoms with Crippen molar-refractivity contribution < 1.29 is 18.3 Å². The molecule has 1 heterocycles. The molecule has 0 radical (unpaired) electrons. The summed E-state index contributed by atoms with van der Waals surface area (Å²) >= 11 is 3.35. The number of carbonyl (C=O) groups excluding carboxylic acids is 1. The van der Waals surface area contributed by atoms with Gasteiger partial charge in [-0.25, -0.2) is 9.18 Å². The van der Waals surface area contributed by atoms with E-state index in [0.717, 1.165) is 4.47 Å². The number of furan rings is 1. The lowest BCUT2D eigenvalue weighted by Gasteiger charge is -2.20. The predicted octanol–water partition coefficient (Wildman–Crippen LogP) is 5.14. The summed E-state index contributed by atoms with van der Waals surface area (Å²) in [5.74, 6) is 0.248. The minimum absolute atomic E-state index is 0.333. The van der Waals surface area contributed by atoms with Crippen molar-refractivity contribution in [2.75, 3.05) is 10.6 Å². The molecule has 2 rings (SSSR count). The number of halogens is 2. The SMILES string of the molecule is CC(C)(C)OC(=O)Nc1ccc(F)cc1NCc1occc1Br. The topological polar surface area (TPSA) is 63.5 Å². The van der Waals surface area contributed by atoms with Crippen molar-refractivity contribution >= 4 is 33.4 Å². The van der Waals surface area contributed by atoms with Crippen LogP contribution in [0.15, 0.2) is 39.4 Å². The molecule has 0 saturated carbocycles. The minimum Gasteiger partial charge on any atom is -0.466 e. The summed E-state index contributed by atoms with van der Waals surface area (Å²) in [6, 6.07) is 5.80. The first-order valence-electron chi connectivity index (χ1n) is 7.00. The van der Waals surface area contributed by atoms with Crippen LogP contribution in [0.3, 0.4) is 0 Å². The zero-order valence-electron chi connectivity index (χ0n) is 13.1. The molecule has 0 atom stereocenters. The average Bonchev–Trinajstić information content (AvgIpc) is 2.82. The molecule has 1 aromatic heterocycles. The summed E-state index contributed by atoms with van der Waals surface area (Å²) in [6.45, 7) is 5.64. The van der Waals surface area contributed by atoms with Gasteiger partial charge in [0.2, 0.25) is 0 Å². The fraction of sp³-hybridized carbons (Fsp3) is 0.312. The van der Waals surface area contributed by atoms with E-state index in [4.69, 9.17) is 9.15 Å². The highest BCUT2D eigenvalue weighted by atomic mass is 79.9. The molecule has 7 heteroatoms. The van der Waals surface area contributed by atoms with E-state index in [1.165, 1.54) is 18.2 Å². The Labute approximate surface area is 142 Å². The molecule has 5 nitrogen and oxygen atoms in total. The third-order valence-electron chi connectivity index (χ3n) is 2.75. The number of hydrogen-bond donors (Lipinski definition) is 2. The normalized spacial score (nSPS) is 11.2. The van der Waals surface area contributed by atoms with E-state index < -0.39 is 17.5 Å². The van der Waals surface area contributed by atoms with Gasteiger partial charge < -0.3 is 14.5 Å². The number of ether oxygens (including phenoxy) is 1. The number of amides is 1. The highest BCUT2D eigenvalue weighted by molar-refractivity contribution is 9.10. The molecule has 0 aliphatic carbocycles. The lowest BCUT2D eigenvalue weighted by Crippen LogP contribution is -2.27. The summed E-state index contributed by atoms with van der Waals surface area (Å²) in [5, 5.41) is 5.64. The Morgan fingerprint density at radius 2 is 2.04 bits per heavy atom. The van der Waals surface area contributed by atoms with Gasteiger partial charge in [0.1, 0.15) is 17.2 Å².